The Kier molecular flexibility index (Phi) is 4.65. The van der Waals surface area contributed by atoms with E-state index in [1.807, 2.05) is 18.7 Å². The molecule has 6 heteroatoms. The quantitative estimate of drug-likeness (QED) is 0.803. The molecule has 6 nitrogen and oxygen atoms in total. The third-order valence-electron chi connectivity index (χ3n) is 4.63. The number of carboxylic acid groups (broad SMARTS) is 1. The summed E-state index contributed by atoms with van der Waals surface area (Å²) in [6.45, 7) is 7.83. The minimum absolute atomic E-state index is 0.0727. The van der Waals surface area contributed by atoms with Crippen molar-refractivity contribution in [3.8, 4) is 0 Å². The molecule has 0 aromatic heterocycles. The van der Waals surface area contributed by atoms with Crippen molar-refractivity contribution in [3.05, 3.63) is 0 Å². The fourth-order valence-corrected chi connectivity index (χ4v) is 3.05. The van der Waals surface area contributed by atoms with Crippen LogP contribution in [0.25, 0.3) is 0 Å². The average molecular weight is 284 g/mol. The zero-order chi connectivity index (χ0) is 14.8. The molecule has 2 aliphatic heterocycles. The summed E-state index contributed by atoms with van der Waals surface area (Å²) in [5.74, 6) is -0.587. The van der Waals surface area contributed by atoms with Crippen LogP contribution in [0.1, 0.15) is 20.3 Å². The number of morpholine rings is 1. The predicted octanol–water partition coefficient (Wildman–Crippen LogP) is 0.278. The highest BCUT2D eigenvalue weighted by molar-refractivity contribution is 5.79. The Bertz CT molecular complexity index is 379. The molecule has 0 aromatic rings. The molecule has 0 aliphatic carbocycles. The van der Waals surface area contributed by atoms with Crippen LogP contribution in [0, 0.1) is 11.3 Å². The van der Waals surface area contributed by atoms with Crippen molar-refractivity contribution in [3.63, 3.8) is 0 Å². The molecule has 2 fully saturated rings. The first-order chi connectivity index (χ1) is 9.45. The van der Waals surface area contributed by atoms with Gasteiger partial charge in [0.1, 0.15) is 0 Å². The van der Waals surface area contributed by atoms with Crippen molar-refractivity contribution in [2.24, 2.45) is 11.3 Å². The standard InChI is InChI=1S/C14H24N2O4/c1-11(2)14(13(18)19)3-4-15(10-14)9-12(17)16-5-7-20-8-6-16/h11H,3-10H2,1-2H3,(H,18,19). The molecule has 2 rings (SSSR count). The number of carbonyl (C=O) groups excluding carboxylic acids is 1. The van der Waals surface area contributed by atoms with Gasteiger partial charge in [-0.15, -0.1) is 0 Å². The van der Waals surface area contributed by atoms with Crippen LogP contribution in [0.2, 0.25) is 0 Å². The lowest BCUT2D eigenvalue weighted by molar-refractivity contribution is -0.151. The second kappa shape index (κ2) is 6.10. The van der Waals surface area contributed by atoms with Gasteiger partial charge in [-0.25, -0.2) is 0 Å². The van der Waals surface area contributed by atoms with Crippen LogP contribution in [-0.2, 0) is 14.3 Å². The van der Waals surface area contributed by atoms with Crippen molar-refractivity contribution in [2.45, 2.75) is 20.3 Å². The molecule has 0 spiro atoms. The van der Waals surface area contributed by atoms with Crippen molar-refractivity contribution < 1.29 is 19.4 Å². The van der Waals surface area contributed by atoms with E-state index in [0.717, 1.165) is 0 Å². The SMILES string of the molecule is CC(C)C1(C(=O)O)CCN(CC(=O)N2CCOCC2)C1. The zero-order valence-corrected chi connectivity index (χ0v) is 12.3. The number of hydrogen-bond acceptors (Lipinski definition) is 4. The first kappa shape index (κ1) is 15.3. The summed E-state index contributed by atoms with van der Waals surface area (Å²) >= 11 is 0. The van der Waals surface area contributed by atoms with Gasteiger partial charge in [0.25, 0.3) is 0 Å². The third-order valence-corrected chi connectivity index (χ3v) is 4.63. The van der Waals surface area contributed by atoms with Crippen molar-refractivity contribution in [1.29, 1.82) is 0 Å². The van der Waals surface area contributed by atoms with Gasteiger partial charge in [0.05, 0.1) is 25.2 Å². The molecule has 2 aliphatic rings. The van der Waals surface area contributed by atoms with Crippen LogP contribution in [0.5, 0.6) is 0 Å². The van der Waals surface area contributed by atoms with E-state index >= 15 is 0 Å². The highest BCUT2D eigenvalue weighted by Crippen LogP contribution is 2.38. The van der Waals surface area contributed by atoms with Gasteiger partial charge in [-0.2, -0.15) is 0 Å². The molecule has 20 heavy (non-hydrogen) atoms. The van der Waals surface area contributed by atoms with E-state index in [1.54, 1.807) is 4.90 Å². The maximum absolute atomic E-state index is 12.2. The summed E-state index contributed by atoms with van der Waals surface area (Å²) in [7, 11) is 0. The van der Waals surface area contributed by atoms with E-state index in [4.69, 9.17) is 4.74 Å². The lowest BCUT2D eigenvalue weighted by atomic mass is 9.76. The predicted molar refractivity (Wildman–Crippen MR) is 73.4 cm³/mol. The molecular formula is C14H24N2O4. The topological polar surface area (TPSA) is 70.1 Å². The fourth-order valence-electron chi connectivity index (χ4n) is 3.05. The lowest BCUT2D eigenvalue weighted by Gasteiger charge is -2.30. The molecule has 1 atom stereocenters. The molecule has 0 aromatic carbocycles. The highest BCUT2D eigenvalue weighted by Gasteiger charge is 2.47. The number of nitrogens with zero attached hydrogens (tertiary/aromatic N) is 2. The number of ether oxygens (including phenoxy) is 1. The fraction of sp³-hybridized carbons (Fsp3) is 0.857. The zero-order valence-electron chi connectivity index (χ0n) is 12.3. The maximum Gasteiger partial charge on any atom is 0.311 e. The van der Waals surface area contributed by atoms with Crippen molar-refractivity contribution >= 4 is 11.9 Å². The number of rotatable bonds is 4. The van der Waals surface area contributed by atoms with E-state index in [0.29, 0.717) is 52.4 Å². The Morgan fingerprint density at radius 1 is 1.25 bits per heavy atom. The maximum atomic E-state index is 12.2. The van der Waals surface area contributed by atoms with Gasteiger partial charge >= 0.3 is 5.97 Å². The van der Waals surface area contributed by atoms with Crippen LogP contribution >= 0.6 is 0 Å². The van der Waals surface area contributed by atoms with E-state index in [2.05, 4.69) is 0 Å². The number of hydrogen-bond donors (Lipinski definition) is 1. The Morgan fingerprint density at radius 2 is 1.90 bits per heavy atom. The monoisotopic (exact) mass is 284 g/mol. The van der Waals surface area contributed by atoms with Gasteiger partial charge in [-0.05, 0) is 18.9 Å². The second-order valence-electron chi connectivity index (χ2n) is 6.07. The first-order valence-corrected chi connectivity index (χ1v) is 7.27. The summed E-state index contributed by atoms with van der Waals surface area (Å²) in [5, 5.41) is 9.50. The van der Waals surface area contributed by atoms with E-state index < -0.39 is 11.4 Å². The summed E-state index contributed by atoms with van der Waals surface area (Å²) in [5.41, 5.74) is -0.703. The van der Waals surface area contributed by atoms with E-state index in [1.165, 1.54) is 0 Å². The number of aliphatic carboxylic acids is 1. The van der Waals surface area contributed by atoms with Gasteiger partial charge < -0.3 is 14.7 Å². The van der Waals surface area contributed by atoms with Gasteiger partial charge in [0, 0.05) is 19.6 Å². The van der Waals surface area contributed by atoms with Crippen LogP contribution in [0.4, 0.5) is 0 Å². The first-order valence-electron chi connectivity index (χ1n) is 7.27. The van der Waals surface area contributed by atoms with Crippen molar-refractivity contribution in [2.75, 3.05) is 45.9 Å². The minimum Gasteiger partial charge on any atom is -0.481 e. The number of carboxylic acids is 1. The molecule has 1 amide bonds. The molecule has 1 unspecified atom stereocenters. The lowest BCUT2D eigenvalue weighted by Crippen LogP contribution is -2.46. The van der Waals surface area contributed by atoms with Gasteiger partial charge in [-0.1, -0.05) is 13.8 Å². The van der Waals surface area contributed by atoms with Gasteiger partial charge in [0.15, 0.2) is 0 Å². The molecule has 114 valence electrons. The van der Waals surface area contributed by atoms with E-state index in [9.17, 15) is 14.7 Å². The second-order valence-corrected chi connectivity index (χ2v) is 6.07. The molecule has 1 N–H and O–H groups in total. The van der Waals surface area contributed by atoms with Crippen LogP contribution in [-0.4, -0.2) is 72.7 Å². The Balaban J connectivity index is 1.92. The normalized spacial score (nSPS) is 28.1. The Morgan fingerprint density at radius 3 is 2.40 bits per heavy atom. The van der Waals surface area contributed by atoms with Crippen LogP contribution in [0.3, 0.4) is 0 Å². The minimum atomic E-state index is -0.742. The summed E-state index contributed by atoms with van der Waals surface area (Å²) in [4.78, 5) is 27.5. The smallest absolute Gasteiger partial charge is 0.311 e. The number of amides is 1. The average Bonchev–Trinajstić information content (AvgIpc) is 2.85. The number of likely N-dealkylation sites (tertiary alicyclic amines) is 1. The van der Waals surface area contributed by atoms with Crippen molar-refractivity contribution in [1.82, 2.24) is 9.80 Å². The number of carbonyl (C=O) groups is 2. The van der Waals surface area contributed by atoms with Gasteiger partial charge in [0.2, 0.25) is 5.91 Å². The molecule has 2 saturated heterocycles. The van der Waals surface area contributed by atoms with Gasteiger partial charge in [-0.3, -0.25) is 14.5 Å². The molecular weight excluding hydrogens is 260 g/mol. The Labute approximate surface area is 119 Å². The summed E-state index contributed by atoms with van der Waals surface area (Å²) in [6, 6.07) is 0. The van der Waals surface area contributed by atoms with E-state index in [-0.39, 0.29) is 11.8 Å². The van der Waals surface area contributed by atoms with Crippen LogP contribution in [0.15, 0.2) is 0 Å². The largest absolute Gasteiger partial charge is 0.481 e. The summed E-state index contributed by atoms with van der Waals surface area (Å²) < 4.78 is 5.23. The molecule has 0 bridgehead atoms. The summed E-state index contributed by atoms with van der Waals surface area (Å²) in [6.07, 6.45) is 0.621. The highest BCUT2D eigenvalue weighted by atomic mass is 16.5. The third kappa shape index (κ3) is 2.96. The van der Waals surface area contributed by atoms with Crippen LogP contribution < -0.4 is 0 Å². The molecule has 2 heterocycles. The molecule has 0 saturated carbocycles. The Hall–Kier alpha value is -1.14. The molecule has 0 radical (unpaired) electrons.